The highest BCUT2D eigenvalue weighted by Gasteiger charge is 2.37. The highest BCUT2D eigenvalue weighted by Crippen LogP contribution is 2.24. The average Bonchev–Trinajstić information content (AvgIpc) is 2.80. The molecule has 8 nitrogen and oxygen atoms in total. The van der Waals surface area contributed by atoms with Crippen molar-refractivity contribution < 1.29 is 24.5 Å². The lowest BCUT2D eigenvalue weighted by atomic mass is 10.2. The number of methoxy groups -OCH3 is 1. The molecule has 0 bridgehead atoms. The molecule has 102 valence electrons. The molecule has 1 aromatic rings. The number of hydrogen-bond acceptors (Lipinski definition) is 7. The van der Waals surface area contributed by atoms with Crippen molar-refractivity contribution in [3.63, 3.8) is 0 Å². The summed E-state index contributed by atoms with van der Waals surface area (Å²) < 4.78 is 4.52. The first-order valence-electron chi connectivity index (χ1n) is 5.60. The van der Waals surface area contributed by atoms with Gasteiger partial charge in [0.05, 0.1) is 25.6 Å². The monoisotopic (exact) mass is 267 g/mol. The molecule has 2 rings (SSSR count). The number of carbonyl (C=O) groups excluding carboxylic acids is 1. The Hall–Kier alpha value is -2.22. The van der Waals surface area contributed by atoms with Gasteiger partial charge in [0.15, 0.2) is 5.69 Å². The molecule has 1 aliphatic rings. The van der Waals surface area contributed by atoms with E-state index < -0.39 is 24.1 Å². The van der Waals surface area contributed by atoms with Crippen molar-refractivity contribution in [3.05, 3.63) is 18.1 Å². The second-order valence-electron chi connectivity index (χ2n) is 4.15. The smallest absolute Gasteiger partial charge is 0.358 e. The zero-order valence-electron chi connectivity index (χ0n) is 10.2. The van der Waals surface area contributed by atoms with Crippen molar-refractivity contribution in [2.45, 2.75) is 18.6 Å². The summed E-state index contributed by atoms with van der Waals surface area (Å²) in [7, 11) is 1.22. The van der Waals surface area contributed by atoms with Gasteiger partial charge in [0.1, 0.15) is 11.9 Å². The summed E-state index contributed by atoms with van der Waals surface area (Å²) in [4.78, 5) is 31.7. The molecule has 19 heavy (non-hydrogen) atoms. The molecular formula is C11H13N3O5. The molecule has 1 aromatic heterocycles. The highest BCUT2D eigenvalue weighted by atomic mass is 16.5. The number of carboxylic acid groups (broad SMARTS) is 1. The Kier molecular flexibility index (Phi) is 3.61. The maximum Gasteiger partial charge on any atom is 0.358 e. The highest BCUT2D eigenvalue weighted by molar-refractivity contribution is 5.87. The lowest BCUT2D eigenvalue weighted by Crippen LogP contribution is -2.36. The van der Waals surface area contributed by atoms with Crippen molar-refractivity contribution >= 4 is 17.8 Å². The number of aliphatic hydroxyl groups is 1. The van der Waals surface area contributed by atoms with Crippen LogP contribution in [0.25, 0.3) is 0 Å². The SMILES string of the molecule is COC(=O)c1cncc(N2CC(O)CC2C(=O)O)n1. The van der Waals surface area contributed by atoms with Gasteiger partial charge in [-0.05, 0) is 0 Å². The third-order valence-electron chi connectivity index (χ3n) is 2.87. The molecule has 0 saturated carbocycles. The second-order valence-corrected chi connectivity index (χ2v) is 4.15. The normalized spacial score (nSPS) is 22.3. The Morgan fingerprint density at radius 2 is 2.21 bits per heavy atom. The van der Waals surface area contributed by atoms with E-state index in [-0.39, 0.29) is 24.5 Å². The number of ether oxygens (including phenoxy) is 1. The molecule has 1 saturated heterocycles. The van der Waals surface area contributed by atoms with Gasteiger partial charge < -0.3 is 19.8 Å². The van der Waals surface area contributed by atoms with Crippen molar-refractivity contribution in [1.29, 1.82) is 0 Å². The maximum atomic E-state index is 11.4. The van der Waals surface area contributed by atoms with E-state index in [1.807, 2.05) is 0 Å². The number of aliphatic hydroxyl groups excluding tert-OH is 1. The number of carbonyl (C=O) groups is 2. The number of esters is 1. The van der Waals surface area contributed by atoms with Gasteiger partial charge >= 0.3 is 11.9 Å². The van der Waals surface area contributed by atoms with Crippen molar-refractivity contribution in [1.82, 2.24) is 9.97 Å². The molecule has 1 fully saturated rings. The maximum absolute atomic E-state index is 11.4. The first kappa shape index (κ1) is 13.2. The van der Waals surface area contributed by atoms with Gasteiger partial charge in [0.25, 0.3) is 0 Å². The number of carboxylic acids is 1. The van der Waals surface area contributed by atoms with Crippen LogP contribution in [0.2, 0.25) is 0 Å². The van der Waals surface area contributed by atoms with E-state index in [2.05, 4.69) is 14.7 Å². The minimum Gasteiger partial charge on any atom is -0.480 e. The van der Waals surface area contributed by atoms with E-state index in [9.17, 15) is 14.7 Å². The number of anilines is 1. The van der Waals surface area contributed by atoms with Crippen LogP contribution in [-0.2, 0) is 9.53 Å². The third-order valence-corrected chi connectivity index (χ3v) is 2.87. The fourth-order valence-electron chi connectivity index (χ4n) is 2.00. The predicted octanol–water partition coefficient (Wildman–Crippen LogP) is -0.713. The first-order chi connectivity index (χ1) is 9.02. The lowest BCUT2D eigenvalue weighted by molar-refractivity contribution is -0.138. The molecule has 0 radical (unpaired) electrons. The molecule has 0 amide bonds. The molecule has 0 aromatic carbocycles. The van der Waals surface area contributed by atoms with Gasteiger partial charge in [-0.3, -0.25) is 4.98 Å². The molecule has 2 unspecified atom stereocenters. The lowest BCUT2D eigenvalue weighted by Gasteiger charge is -2.21. The quantitative estimate of drug-likeness (QED) is 0.690. The molecule has 0 aliphatic carbocycles. The topological polar surface area (TPSA) is 113 Å². The van der Waals surface area contributed by atoms with Gasteiger partial charge in [0.2, 0.25) is 0 Å². The van der Waals surface area contributed by atoms with Crippen molar-refractivity contribution in [2.24, 2.45) is 0 Å². The summed E-state index contributed by atoms with van der Waals surface area (Å²) in [6, 6.07) is -0.878. The minimum atomic E-state index is -1.05. The Labute approximate surface area is 108 Å². The standard InChI is InChI=1S/C11H13N3O5/c1-19-11(18)7-3-12-4-9(13-7)14-5-6(15)2-8(14)10(16)17/h3-4,6,8,15H,2,5H2,1H3,(H,16,17). The number of aliphatic carboxylic acids is 1. The molecule has 2 heterocycles. The zero-order chi connectivity index (χ0) is 14.0. The Morgan fingerprint density at radius 1 is 1.47 bits per heavy atom. The van der Waals surface area contributed by atoms with Crippen LogP contribution in [-0.4, -0.2) is 57.9 Å². The van der Waals surface area contributed by atoms with Gasteiger partial charge in [0, 0.05) is 13.0 Å². The summed E-state index contributed by atoms with van der Waals surface area (Å²) >= 11 is 0. The fraction of sp³-hybridized carbons (Fsp3) is 0.455. The fourth-order valence-corrected chi connectivity index (χ4v) is 2.00. The first-order valence-corrected chi connectivity index (χ1v) is 5.60. The summed E-state index contributed by atoms with van der Waals surface area (Å²) in [5.74, 6) is -1.48. The number of aromatic nitrogens is 2. The van der Waals surface area contributed by atoms with E-state index in [4.69, 9.17) is 5.11 Å². The van der Waals surface area contributed by atoms with Crippen molar-refractivity contribution in [2.75, 3.05) is 18.6 Å². The average molecular weight is 267 g/mol. The van der Waals surface area contributed by atoms with E-state index in [0.717, 1.165) is 0 Å². The third kappa shape index (κ3) is 2.63. The van der Waals surface area contributed by atoms with Crippen LogP contribution in [0.4, 0.5) is 5.82 Å². The van der Waals surface area contributed by atoms with Crippen LogP contribution in [0.3, 0.4) is 0 Å². The summed E-state index contributed by atoms with van der Waals surface area (Å²) in [5.41, 5.74) is -0.00877. The summed E-state index contributed by atoms with van der Waals surface area (Å²) in [6.07, 6.45) is 1.95. The number of hydrogen-bond donors (Lipinski definition) is 2. The largest absolute Gasteiger partial charge is 0.480 e. The molecule has 2 atom stereocenters. The van der Waals surface area contributed by atoms with Crippen LogP contribution in [0, 0.1) is 0 Å². The van der Waals surface area contributed by atoms with E-state index in [0.29, 0.717) is 0 Å². The Morgan fingerprint density at radius 3 is 2.84 bits per heavy atom. The summed E-state index contributed by atoms with van der Waals surface area (Å²) in [6.45, 7) is 0.135. The molecule has 1 aliphatic heterocycles. The number of nitrogens with zero attached hydrogens (tertiary/aromatic N) is 3. The van der Waals surface area contributed by atoms with Crippen molar-refractivity contribution in [3.8, 4) is 0 Å². The molecule has 2 N–H and O–H groups in total. The predicted molar refractivity (Wildman–Crippen MR) is 62.8 cm³/mol. The van der Waals surface area contributed by atoms with Crippen LogP contribution < -0.4 is 4.90 Å². The van der Waals surface area contributed by atoms with Gasteiger partial charge in [-0.15, -0.1) is 0 Å². The van der Waals surface area contributed by atoms with Gasteiger partial charge in [-0.2, -0.15) is 0 Å². The van der Waals surface area contributed by atoms with Crippen LogP contribution in [0.15, 0.2) is 12.4 Å². The van der Waals surface area contributed by atoms with Crippen LogP contribution >= 0.6 is 0 Å². The molecule has 0 spiro atoms. The van der Waals surface area contributed by atoms with Crippen LogP contribution in [0.5, 0.6) is 0 Å². The molecular weight excluding hydrogens is 254 g/mol. The van der Waals surface area contributed by atoms with Gasteiger partial charge in [-0.1, -0.05) is 0 Å². The summed E-state index contributed by atoms with van der Waals surface area (Å²) in [5, 5.41) is 18.7. The van der Waals surface area contributed by atoms with E-state index >= 15 is 0 Å². The number of rotatable bonds is 3. The van der Waals surface area contributed by atoms with E-state index in [1.165, 1.54) is 24.4 Å². The Balaban J connectivity index is 2.30. The minimum absolute atomic E-state index is 0.00877. The Bertz CT molecular complexity index is 507. The molecule has 8 heteroatoms. The van der Waals surface area contributed by atoms with E-state index in [1.54, 1.807) is 0 Å². The number of β-amino-alcohol motifs (C(OH)–C–C–N with tert-alkyl or cyclic N) is 1. The van der Waals surface area contributed by atoms with Gasteiger partial charge in [-0.25, -0.2) is 14.6 Å². The zero-order valence-corrected chi connectivity index (χ0v) is 10.2. The van der Waals surface area contributed by atoms with Crippen LogP contribution in [0.1, 0.15) is 16.9 Å². The second kappa shape index (κ2) is 5.19.